The Morgan fingerprint density at radius 3 is 2.33 bits per heavy atom. The van der Waals surface area contributed by atoms with Crippen molar-refractivity contribution in [2.24, 2.45) is 4.99 Å². The van der Waals surface area contributed by atoms with Crippen LogP contribution in [0.4, 0.5) is 5.69 Å². The minimum absolute atomic E-state index is 0.0837. The number of carbonyl (C=O) groups is 5. The van der Waals surface area contributed by atoms with Crippen LogP contribution < -0.4 is 10.6 Å². The average Bonchev–Trinajstić information content (AvgIpc) is 3.87. The highest BCUT2D eigenvalue weighted by Crippen LogP contribution is 2.40. The van der Waals surface area contributed by atoms with Gasteiger partial charge in [0.15, 0.2) is 5.82 Å². The number of nitrogens with one attached hydrogen (secondary N) is 2. The molecule has 4 aromatic rings. The number of thiophene rings is 1. The second-order valence-corrected chi connectivity index (χ2v) is 17.7. The smallest absolute Gasteiger partial charge is 0.255 e. The molecular formula is C46H54ClN7O8S. The summed E-state index contributed by atoms with van der Waals surface area (Å²) in [6.07, 6.45) is 5.39. The number of aliphatic imine (C=N–C) groups is 1. The lowest BCUT2D eigenvalue weighted by atomic mass is 9.99. The molecule has 0 bridgehead atoms. The Labute approximate surface area is 375 Å². The van der Waals surface area contributed by atoms with Crippen LogP contribution in [0.15, 0.2) is 47.5 Å². The van der Waals surface area contributed by atoms with Gasteiger partial charge < -0.3 is 24.4 Å². The summed E-state index contributed by atoms with van der Waals surface area (Å²) in [6, 6.07) is 11.6. The summed E-state index contributed by atoms with van der Waals surface area (Å²) in [6.45, 7) is 9.18. The number of rotatable bonds is 22. The first-order chi connectivity index (χ1) is 30.5. The standard InChI is InChI=1S/C46H54ClN7O8S/c1-28-29(2)63-46-41(28)42(31-14-16-32(47)17-15-31)49-37(43-52-51-30(3)54(43)46)26-33(55)10-9-21-61-23-25-62-24-22-60-20-7-5-4-6-13-39(56)48-36-12-8-11-34-35(36)27-53(45(34)59)38-18-19-40(57)50-44(38)58/h8,11-12,14-17,37-38H,4-7,9-10,13,18-27H2,1-3H3,(H,48,56)(H,50,57,58)/t37-,38?/m0/s1. The molecule has 4 amide bonds. The molecular weight excluding hydrogens is 846 g/mol. The lowest BCUT2D eigenvalue weighted by Crippen LogP contribution is -2.52. The lowest BCUT2D eigenvalue weighted by Gasteiger charge is -2.29. The monoisotopic (exact) mass is 899 g/mol. The van der Waals surface area contributed by atoms with E-state index in [0.717, 1.165) is 58.9 Å². The third kappa shape index (κ3) is 11.2. The van der Waals surface area contributed by atoms with Crippen LogP contribution in [0.2, 0.25) is 5.02 Å². The average molecular weight is 900 g/mol. The molecule has 3 aliphatic heterocycles. The van der Waals surface area contributed by atoms with Crippen molar-refractivity contribution in [1.82, 2.24) is 25.0 Å². The molecule has 0 aliphatic carbocycles. The fourth-order valence-corrected chi connectivity index (χ4v) is 9.46. The number of hydrogen-bond donors (Lipinski definition) is 2. The van der Waals surface area contributed by atoms with Gasteiger partial charge in [0.2, 0.25) is 17.7 Å². The number of aromatic nitrogens is 3. The van der Waals surface area contributed by atoms with E-state index in [1.54, 1.807) is 29.5 Å². The molecule has 3 aliphatic rings. The molecule has 15 nitrogen and oxygen atoms in total. The molecule has 334 valence electrons. The molecule has 0 radical (unpaired) electrons. The van der Waals surface area contributed by atoms with Gasteiger partial charge >= 0.3 is 0 Å². The van der Waals surface area contributed by atoms with E-state index >= 15 is 0 Å². The van der Waals surface area contributed by atoms with Crippen LogP contribution in [-0.2, 0) is 39.9 Å². The van der Waals surface area contributed by atoms with Crippen molar-refractivity contribution >= 4 is 63.7 Å². The molecule has 2 atom stereocenters. The summed E-state index contributed by atoms with van der Waals surface area (Å²) >= 11 is 7.91. The van der Waals surface area contributed by atoms with E-state index in [0.29, 0.717) is 86.6 Å². The van der Waals surface area contributed by atoms with Crippen LogP contribution in [0.25, 0.3) is 5.00 Å². The second-order valence-electron chi connectivity index (χ2n) is 16.0. The van der Waals surface area contributed by atoms with Crippen molar-refractivity contribution < 1.29 is 38.2 Å². The van der Waals surface area contributed by atoms with E-state index < -0.39 is 18.0 Å². The quantitative estimate of drug-likeness (QED) is 0.0619. The van der Waals surface area contributed by atoms with Gasteiger partial charge in [0.05, 0.1) is 32.1 Å². The number of fused-ring (bicyclic) bond motifs is 4. The second kappa shape index (κ2) is 21.5. The number of unbranched alkanes of at least 4 members (excludes halogenated alkanes) is 3. The maximum absolute atomic E-state index is 13.3. The van der Waals surface area contributed by atoms with Gasteiger partial charge in [-0.15, -0.1) is 21.5 Å². The third-order valence-corrected chi connectivity index (χ3v) is 13.0. The number of ketones is 1. The maximum atomic E-state index is 13.3. The predicted octanol–water partition coefficient (Wildman–Crippen LogP) is 6.94. The van der Waals surface area contributed by atoms with Crippen LogP contribution in [-0.4, -0.2) is 100 Å². The van der Waals surface area contributed by atoms with E-state index in [2.05, 4.69) is 39.2 Å². The van der Waals surface area contributed by atoms with Gasteiger partial charge in [-0.2, -0.15) is 0 Å². The van der Waals surface area contributed by atoms with Gasteiger partial charge in [-0.05, 0) is 76.3 Å². The van der Waals surface area contributed by atoms with E-state index in [1.807, 2.05) is 31.2 Å². The lowest BCUT2D eigenvalue weighted by molar-refractivity contribution is -0.137. The SMILES string of the molecule is Cc1sc2c(c1C)C(c1ccc(Cl)cc1)=N[C@@H](CC(=O)CCCOCCOCCOCCCCCCC(=O)Nc1cccc3c1CN(C1CCC(=O)NC1=O)C3=O)c1nnc(C)n1-2. The van der Waals surface area contributed by atoms with E-state index in [1.165, 1.54) is 9.78 Å². The topological polar surface area (TPSA) is 183 Å². The largest absolute Gasteiger partial charge is 0.379 e. The molecule has 1 saturated heterocycles. The number of amides is 4. The van der Waals surface area contributed by atoms with E-state index in [9.17, 15) is 24.0 Å². The van der Waals surface area contributed by atoms with Crippen LogP contribution in [0.1, 0.15) is 119 Å². The first-order valence-corrected chi connectivity index (χ1v) is 22.9. The Balaban J connectivity index is 0.723. The minimum Gasteiger partial charge on any atom is -0.379 e. The number of aryl methyl sites for hydroxylation is 2. The number of Topliss-reactive ketones (excluding diaryl/α,β-unsaturated/α-hetero) is 1. The number of nitrogens with zero attached hydrogens (tertiary/aromatic N) is 5. The summed E-state index contributed by atoms with van der Waals surface area (Å²) in [5.74, 6) is 0.306. The van der Waals surface area contributed by atoms with Gasteiger partial charge in [-0.3, -0.25) is 38.8 Å². The number of piperidine rings is 1. The molecule has 2 aromatic heterocycles. The number of imide groups is 1. The molecule has 1 unspecified atom stereocenters. The van der Waals surface area contributed by atoms with Gasteiger partial charge in [-0.1, -0.05) is 42.6 Å². The van der Waals surface area contributed by atoms with E-state index in [4.69, 9.17) is 30.8 Å². The molecule has 7 rings (SSSR count). The third-order valence-electron chi connectivity index (χ3n) is 11.6. The van der Waals surface area contributed by atoms with Gasteiger partial charge in [-0.25, -0.2) is 0 Å². The van der Waals surface area contributed by atoms with Crippen molar-refractivity contribution in [2.75, 3.05) is 45.0 Å². The Hall–Kier alpha value is -5.13. The minimum atomic E-state index is -0.706. The Bertz CT molecular complexity index is 2360. The fourth-order valence-electron chi connectivity index (χ4n) is 8.12. The molecule has 0 saturated carbocycles. The van der Waals surface area contributed by atoms with Crippen molar-refractivity contribution in [3.05, 3.63) is 91.8 Å². The number of anilines is 1. The molecule has 5 heterocycles. The number of benzene rings is 2. The summed E-state index contributed by atoms with van der Waals surface area (Å²) in [5.41, 5.74) is 5.67. The van der Waals surface area contributed by atoms with Gasteiger partial charge in [0.1, 0.15) is 28.7 Å². The summed E-state index contributed by atoms with van der Waals surface area (Å²) < 4.78 is 19.1. The molecule has 17 heteroatoms. The highest BCUT2D eigenvalue weighted by Gasteiger charge is 2.40. The molecule has 2 aromatic carbocycles. The van der Waals surface area contributed by atoms with Crippen LogP contribution in [0.3, 0.4) is 0 Å². The summed E-state index contributed by atoms with van der Waals surface area (Å²) in [7, 11) is 0. The van der Waals surface area contributed by atoms with E-state index in [-0.39, 0.29) is 49.3 Å². The summed E-state index contributed by atoms with van der Waals surface area (Å²) in [5, 5.41) is 15.8. The molecule has 1 fully saturated rings. The van der Waals surface area contributed by atoms with Crippen LogP contribution in [0, 0.1) is 20.8 Å². The highest BCUT2D eigenvalue weighted by molar-refractivity contribution is 7.15. The summed E-state index contributed by atoms with van der Waals surface area (Å²) in [4.78, 5) is 70.9. The molecule has 63 heavy (non-hydrogen) atoms. The zero-order valence-corrected chi connectivity index (χ0v) is 37.6. The zero-order valence-electron chi connectivity index (χ0n) is 36.0. The van der Waals surface area contributed by atoms with Crippen molar-refractivity contribution in [3.8, 4) is 5.00 Å². The predicted molar refractivity (Wildman–Crippen MR) is 239 cm³/mol. The maximum Gasteiger partial charge on any atom is 0.255 e. The fraction of sp³-hybridized carbons (Fsp3) is 0.478. The molecule has 2 N–H and O–H groups in total. The number of ether oxygens (including phenoxy) is 3. The van der Waals surface area contributed by atoms with Gasteiger partial charge in [0, 0.05) is 83.3 Å². The van der Waals surface area contributed by atoms with Crippen molar-refractivity contribution in [1.29, 1.82) is 0 Å². The Morgan fingerprint density at radius 2 is 1.59 bits per heavy atom. The van der Waals surface area contributed by atoms with Crippen LogP contribution in [0.5, 0.6) is 0 Å². The number of hydrogen-bond acceptors (Lipinski definition) is 12. The number of halogens is 1. The first kappa shape index (κ1) is 45.9. The first-order valence-electron chi connectivity index (χ1n) is 21.7. The van der Waals surface area contributed by atoms with Crippen molar-refractivity contribution in [2.45, 2.75) is 104 Å². The normalized spacial score (nSPS) is 16.9. The van der Waals surface area contributed by atoms with Gasteiger partial charge in [0.25, 0.3) is 5.91 Å². The molecule has 0 spiro atoms. The zero-order chi connectivity index (χ0) is 44.5. The Kier molecular flexibility index (Phi) is 15.7. The van der Waals surface area contributed by atoms with Crippen LogP contribution >= 0.6 is 22.9 Å². The van der Waals surface area contributed by atoms with Crippen molar-refractivity contribution in [3.63, 3.8) is 0 Å². The number of carbonyl (C=O) groups excluding carboxylic acids is 5. The Morgan fingerprint density at radius 1 is 0.873 bits per heavy atom. The highest BCUT2D eigenvalue weighted by atomic mass is 35.5.